The summed E-state index contributed by atoms with van der Waals surface area (Å²) in [6.07, 6.45) is 4.10. The first-order valence-corrected chi connectivity index (χ1v) is 5.18. The Labute approximate surface area is 86.3 Å². The molecule has 0 aliphatic heterocycles. The molecule has 0 amide bonds. The van der Waals surface area contributed by atoms with E-state index in [9.17, 15) is 0 Å². The molecule has 0 saturated carbocycles. The van der Waals surface area contributed by atoms with Crippen LogP contribution in [0.3, 0.4) is 0 Å². The van der Waals surface area contributed by atoms with E-state index >= 15 is 0 Å². The molecule has 3 nitrogen and oxygen atoms in total. The smallest absolute Gasteiger partial charge is 0.0730 e. The topological polar surface area (TPSA) is 43.8 Å². The van der Waals surface area contributed by atoms with Gasteiger partial charge in [-0.15, -0.1) is 0 Å². The molecule has 0 aliphatic rings. The van der Waals surface area contributed by atoms with Crippen molar-refractivity contribution in [2.75, 3.05) is 5.73 Å². The van der Waals surface area contributed by atoms with E-state index in [1.54, 1.807) is 6.20 Å². The minimum absolute atomic E-state index is 0.409. The van der Waals surface area contributed by atoms with E-state index in [1.165, 1.54) is 6.42 Å². The summed E-state index contributed by atoms with van der Waals surface area (Å²) in [5.74, 6) is 0. The van der Waals surface area contributed by atoms with Crippen LogP contribution in [0.2, 0.25) is 0 Å². The lowest BCUT2D eigenvalue weighted by atomic mass is 9.91. The third-order valence-electron chi connectivity index (χ3n) is 2.44. The van der Waals surface area contributed by atoms with Crippen molar-refractivity contribution in [2.45, 2.75) is 47.1 Å². The first-order chi connectivity index (χ1) is 6.40. The van der Waals surface area contributed by atoms with Crippen molar-refractivity contribution in [2.24, 2.45) is 5.41 Å². The van der Waals surface area contributed by atoms with Gasteiger partial charge in [0.15, 0.2) is 0 Å². The van der Waals surface area contributed by atoms with Crippen molar-refractivity contribution < 1.29 is 0 Å². The van der Waals surface area contributed by atoms with Gasteiger partial charge in [-0.25, -0.2) is 0 Å². The highest BCUT2D eigenvalue weighted by molar-refractivity contribution is 5.39. The van der Waals surface area contributed by atoms with Crippen LogP contribution in [0.5, 0.6) is 0 Å². The Hall–Kier alpha value is -0.990. The quantitative estimate of drug-likeness (QED) is 0.805. The van der Waals surface area contributed by atoms with Crippen molar-refractivity contribution in [3.05, 3.63) is 11.9 Å². The second-order valence-corrected chi connectivity index (χ2v) is 5.07. The van der Waals surface area contributed by atoms with Crippen molar-refractivity contribution >= 4 is 5.69 Å². The zero-order chi connectivity index (χ0) is 10.8. The molecule has 0 atom stereocenters. The average molecular weight is 195 g/mol. The van der Waals surface area contributed by atoms with E-state index < -0.39 is 0 Å². The van der Waals surface area contributed by atoms with Gasteiger partial charge in [0, 0.05) is 6.54 Å². The maximum atomic E-state index is 5.71. The molecule has 0 aromatic carbocycles. The number of aryl methyl sites for hydroxylation is 1. The summed E-state index contributed by atoms with van der Waals surface area (Å²) in [6.45, 7) is 9.77. The fourth-order valence-corrected chi connectivity index (χ4v) is 1.45. The van der Waals surface area contributed by atoms with Crippen LogP contribution in [0.25, 0.3) is 0 Å². The van der Waals surface area contributed by atoms with Gasteiger partial charge in [0.1, 0.15) is 0 Å². The molecular weight excluding hydrogens is 174 g/mol. The van der Waals surface area contributed by atoms with Gasteiger partial charge in [0.05, 0.1) is 17.6 Å². The molecule has 14 heavy (non-hydrogen) atoms. The van der Waals surface area contributed by atoms with Crippen LogP contribution in [0.4, 0.5) is 5.69 Å². The Bertz CT molecular complexity index is 294. The van der Waals surface area contributed by atoms with E-state index in [4.69, 9.17) is 5.73 Å². The number of nitrogens with two attached hydrogens (primary N) is 1. The summed E-state index contributed by atoms with van der Waals surface area (Å²) in [4.78, 5) is 0. The normalized spacial score (nSPS) is 12.0. The van der Waals surface area contributed by atoms with E-state index in [2.05, 4.69) is 25.9 Å². The van der Waals surface area contributed by atoms with E-state index in [-0.39, 0.29) is 0 Å². The van der Waals surface area contributed by atoms with Crippen molar-refractivity contribution in [1.29, 1.82) is 0 Å². The second-order valence-electron chi connectivity index (χ2n) is 5.07. The molecule has 2 N–H and O–H groups in total. The Kier molecular flexibility index (Phi) is 3.19. The highest BCUT2D eigenvalue weighted by atomic mass is 15.3. The molecule has 0 radical (unpaired) electrons. The predicted molar refractivity (Wildman–Crippen MR) is 60.1 cm³/mol. The number of hydrogen-bond acceptors (Lipinski definition) is 2. The summed E-state index contributed by atoms with van der Waals surface area (Å²) < 4.78 is 1.99. The number of nitrogen functional groups attached to an aromatic ring is 1. The average Bonchev–Trinajstić information content (AvgIpc) is 2.33. The SMILES string of the molecule is Cc1c(N)cnn1CCCC(C)(C)C. The van der Waals surface area contributed by atoms with Gasteiger partial charge < -0.3 is 5.73 Å². The summed E-state index contributed by atoms with van der Waals surface area (Å²) in [5.41, 5.74) is 8.00. The van der Waals surface area contributed by atoms with Gasteiger partial charge in [0.2, 0.25) is 0 Å². The van der Waals surface area contributed by atoms with Gasteiger partial charge in [-0.05, 0) is 25.2 Å². The first kappa shape index (κ1) is 11.1. The lowest BCUT2D eigenvalue weighted by Crippen LogP contribution is -2.09. The second kappa shape index (κ2) is 4.03. The molecule has 3 heteroatoms. The maximum absolute atomic E-state index is 5.71. The highest BCUT2D eigenvalue weighted by Gasteiger charge is 2.10. The molecular formula is C11H21N3. The zero-order valence-corrected chi connectivity index (χ0v) is 9.67. The number of aromatic nitrogens is 2. The minimum Gasteiger partial charge on any atom is -0.396 e. The van der Waals surface area contributed by atoms with Crippen molar-refractivity contribution in [3.63, 3.8) is 0 Å². The van der Waals surface area contributed by atoms with Crippen molar-refractivity contribution in [1.82, 2.24) is 9.78 Å². The summed E-state index contributed by atoms with van der Waals surface area (Å²) in [7, 11) is 0. The predicted octanol–water partition coefficient (Wildman–Crippen LogP) is 2.60. The van der Waals surface area contributed by atoms with E-state index in [1.807, 2.05) is 11.6 Å². The van der Waals surface area contributed by atoms with Gasteiger partial charge in [0.25, 0.3) is 0 Å². The summed E-state index contributed by atoms with van der Waals surface area (Å²) in [5, 5.41) is 4.23. The molecule has 0 unspecified atom stereocenters. The Morgan fingerprint density at radius 3 is 2.50 bits per heavy atom. The molecule has 0 saturated heterocycles. The van der Waals surface area contributed by atoms with Crippen LogP contribution in [0.1, 0.15) is 39.3 Å². The Morgan fingerprint density at radius 1 is 1.43 bits per heavy atom. The van der Waals surface area contributed by atoms with Crippen LogP contribution in [0.15, 0.2) is 6.20 Å². The third-order valence-corrected chi connectivity index (χ3v) is 2.44. The summed E-state index contributed by atoms with van der Waals surface area (Å²) in [6, 6.07) is 0. The number of anilines is 1. The number of rotatable bonds is 3. The van der Waals surface area contributed by atoms with E-state index in [0.717, 1.165) is 24.3 Å². The third kappa shape index (κ3) is 3.05. The van der Waals surface area contributed by atoms with Gasteiger partial charge >= 0.3 is 0 Å². The molecule has 80 valence electrons. The lowest BCUT2D eigenvalue weighted by Gasteiger charge is -2.17. The fraction of sp³-hybridized carbons (Fsp3) is 0.727. The highest BCUT2D eigenvalue weighted by Crippen LogP contribution is 2.21. The van der Waals surface area contributed by atoms with Crippen molar-refractivity contribution in [3.8, 4) is 0 Å². The minimum atomic E-state index is 0.409. The molecule has 0 bridgehead atoms. The number of hydrogen-bond donors (Lipinski definition) is 1. The molecule has 1 heterocycles. The molecule has 0 aliphatic carbocycles. The number of nitrogens with zero attached hydrogens (tertiary/aromatic N) is 2. The van der Waals surface area contributed by atoms with Crippen LogP contribution in [-0.2, 0) is 6.54 Å². The van der Waals surface area contributed by atoms with Gasteiger partial charge in [-0.3, -0.25) is 4.68 Å². The fourth-order valence-electron chi connectivity index (χ4n) is 1.45. The molecule has 1 aromatic heterocycles. The standard InChI is InChI=1S/C11H21N3/c1-9-10(12)8-13-14(9)7-5-6-11(2,3)4/h8H,5-7,12H2,1-4H3. The molecule has 1 rings (SSSR count). The van der Waals surface area contributed by atoms with Crippen LogP contribution in [0, 0.1) is 12.3 Å². The zero-order valence-electron chi connectivity index (χ0n) is 9.67. The van der Waals surface area contributed by atoms with Crippen LogP contribution >= 0.6 is 0 Å². The van der Waals surface area contributed by atoms with Crippen LogP contribution < -0.4 is 5.73 Å². The van der Waals surface area contributed by atoms with Gasteiger partial charge in [-0.2, -0.15) is 5.10 Å². The lowest BCUT2D eigenvalue weighted by molar-refractivity contribution is 0.348. The van der Waals surface area contributed by atoms with E-state index in [0.29, 0.717) is 5.41 Å². The maximum Gasteiger partial charge on any atom is 0.0730 e. The summed E-state index contributed by atoms with van der Waals surface area (Å²) >= 11 is 0. The molecule has 0 fully saturated rings. The van der Waals surface area contributed by atoms with Crippen LogP contribution in [-0.4, -0.2) is 9.78 Å². The monoisotopic (exact) mass is 195 g/mol. The Morgan fingerprint density at radius 2 is 2.07 bits per heavy atom. The first-order valence-electron chi connectivity index (χ1n) is 5.18. The Balaban J connectivity index is 2.43. The molecule has 1 aromatic rings. The largest absolute Gasteiger partial charge is 0.396 e. The molecule has 0 spiro atoms. The van der Waals surface area contributed by atoms with Gasteiger partial charge in [-0.1, -0.05) is 20.8 Å².